The van der Waals surface area contributed by atoms with E-state index in [1.54, 1.807) is 30.5 Å². The Bertz CT molecular complexity index is 772. The molecule has 0 spiro atoms. The second-order valence-electron chi connectivity index (χ2n) is 6.20. The molecule has 24 heavy (non-hydrogen) atoms. The van der Waals surface area contributed by atoms with E-state index in [-0.39, 0.29) is 12.5 Å². The minimum atomic E-state index is -1.06. The molecule has 5 heteroatoms. The van der Waals surface area contributed by atoms with Crippen molar-refractivity contribution in [1.82, 2.24) is 5.32 Å². The molecule has 0 aromatic heterocycles. The van der Waals surface area contributed by atoms with Crippen molar-refractivity contribution in [2.75, 3.05) is 12.8 Å². The first-order valence-corrected chi connectivity index (χ1v) is 9.58. The summed E-state index contributed by atoms with van der Waals surface area (Å²) in [5.74, 6) is -0.236. The number of aryl methyl sites for hydroxylation is 1. The van der Waals surface area contributed by atoms with Gasteiger partial charge < -0.3 is 10.4 Å². The van der Waals surface area contributed by atoms with Gasteiger partial charge in [0.15, 0.2) is 0 Å². The lowest BCUT2D eigenvalue weighted by molar-refractivity contribution is 0.0189. The minimum Gasteiger partial charge on any atom is -0.383 e. The standard InChI is InChI=1S/C19H21NO3S/c1-24(23)16-10-8-15(9-11-16)18(21)20-13-19(22)12-4-6-14-5-2-3-7-17(14)19/h2-3,5,7-11,22H,4,6,12-13H2,1H3,(H,20,21). The molecule has 1 amide bonds. The summed E-state index contributed by atoms with van der Waals surface area (Å²) in [7, 11) is -1.06. The second-order valence-corrected chi connectivity index (χ2v) is 7.58. The summed E-state index contributed by atoms with van der Waals surface area (Å²) in [6, 6.07) is 14.6. The lowest BCUT2D eigenvalue weighted by Crippen LogP contribution is -2.43. The highest BCUT2D eigenvalue weighted by atomic mass is 32.2. The Kier molecular flexibility index (Phi) is 4.83. The monoisotopic (exact) mass is 343 g/mol. The molecule has 0 heterocycles. The SMILES string of the molecule is CS(=O)c1ccc(C(=O)NCC2(O)CCCc3ccccc32)cc1. The third kappa shape index (κ3) is 3.42. The molecule has 3 rings (SSSR count). The molecule has 0 radical (unpaired) electrons. The number of rotatable bonds is 4. The van der Waals surface area contributed by atoms with Crippen LogP contribution in [0.4, 0.5) is 0 Å². The zero-order valence-corrected chi connectivity index (χ0v) is 14.4. The van der Waals surface area contributed by atoms with Gasteiger partial charge in [0, 0.05) is 27.5 Å². The van der Waals surface area contributed by atoms with Gasteiger partial charge in [0.2, 0.25) is 0 Å². The quantitative estimate of drug-likeness (QED) is 0.896. The predicted octanol–water partition coefficient (Wildman–Crippen LogP) is 2.38. The van der Waals surface area contributed by atoms with Gasteiger partial charge in [-0.2, -0.15) is 0 Å². The predicted molar refractivity (Wildman–Crippen MR) is 94.4 cm³/mol. The van der Waals surface area contributed by atoms with Crippen molar-refractivity contribution >= 4 is 16.7 Å². The van der Waals surface area contributed by atoms with Gasteiger partial charge in [-0.05, 0) is 54.7 Å². The van der Waals surface area contributed by atoms with Gasteiger partial charge in [-0.3, -0.25) is 9.00 Å². The maximum Gasteiger partial charge on any atom is 0.251 e. The Labute approximate surface area is 144 Å². The molecule has 0 aliphatic heterocycles. The van der Waals surface area contributed by atoms with Gasteiger partial charge in [0.05, 0.1) is 6.54 Å². The van der Waals surface area contributed by atoms with Crippen LogP contribution in [0.1, 0.15) is 34.3 Å². The smallest absolute Gasteiger partial charge is 0.251 e. The number of aliphatic hydroxyl groups is 1. The third-order valence-corrected chi connectivity index (χ3v) is 5.48. The van der Waals surface area contributed by atoms with Crippen LogP contribution in [0.3, 0.4) is 0 Å². The average molecular weight is 343 g/mol. The van der Waals surface area contributed by atoms with Gasteiger partial charge in [0.1, 0.15) is 5.60 Å². The fourth-order valence-electron chi connectivity index (χ4n) is 3.21. The van der Waals surface area contributed by atoms with E-state index >= 15 is 0 Å². The van der Waals surface area contributed by atoms with E-state index in [4.69, 9.17) is 0 Å². The van der Waals surface area contributed by atoms with Crippen molar-refractivity contribution in [1.29, 1.82) is 0 Å². The lowest BCUT2D eigenvalue weighted by atomic mass is 9.79. The number of carbonyl (C=O) groups excluding carboxylic acids is 1. The molecular formula is C19H21NO3S. The van der Waals surface area contributed by atoms with Gasteiger partial charge in [0.25, 0.3) is 5.91 Å². The molecule has 0 bridgehead atoms. The highest BCUT2D eigenvalue weighted by Crippen LogP contribution is 2.34. The van der Waals surface area contributed by atoms with Crippen LogP contribution in [-0.4, -0.2) is 28.0 Å². The maximum atomic E-state index is 12.3. The molecule has 2 aromatic rings. The number of benzene rings is 2. The van der Waals surface area contributed by atoms with Gasteiger partial charge in [-0.25, -0.2) is 0 Å². The van der Waals surface area contributed by atoms with Gasteiger partial charge in [-0.1, -0.05) is 24.3 Å². The van der Waals surface area contributed by atoms with E-state index in [0.29, 0.717) is 16.9 Å². The van der Waals surface area contributed by atoms with Crippen molar-refractivity contribution in [2.45, 2.75) is 29.8 Å². The van der Waals surface area contributed by atoms with Crippen LogP contribution in [-0.2, 0) is 22.8 Å². The molecule has 2 aromatic carbocycles. The number of hydrogen-bond donors (Lipinski definition) is 2. The summed E-state index contributed by atoms with van der Waals surface area (Å²) < 4.78 is 11.4. The Morgan fingerprint density at radius 2 is 1.92 bits per heavy atom. The Balaban J connectivity index is 1.71. The van der Waals surface area contributed by atoms with E-state index in [1.807, 2.05) is 24.3 Å². The summed E-state index contributed by atoms with van der Waals surface area (Å²) in [4.78, 5) is 13.0. The van der Waals surface area contributed by atoms with Crippen LogP contribution >= 0.6 is 0 Å². The molecule has 0 fully saturated rings. The Morgan fingerprint density at radius 1 is 1.21 bits per heavy atom. The molecule has 1 aliphatic rings. The molecule has 2 atom stereocenters. The number of carbonyl (C=O) groups is 1. The number of fused-ring (bicyclic) bond motifs is 1. The van der Waals surface area contributed by atoms with E-state index < -0.39 is 16.4 Å². The fourth-order valence-corrected chi connectivity index (χ4v) is 3.73. The van der Waals surface area contributed by atoms with Crippen LogP contribution in [0, 0.1) is 0 Å². The maximum absolute atomic E-state index is 12.3. The zero-order valence-electron chi connectivity index (χ0n) is 13.6. The number of amides is 1. The highest BCUT2D eigenvalue weighted by molar-refractivity contribution is 7.84. The molecule has 126 valence electrons. The average Bonchev–Trinajstić information content (AvgIpc) is 2.60. The van der Waals surface area contributed by atoms with Gasteiger partial charge in [-0.15, -0.1) is 0 Å². The van der Waals surface area contributed by atoms with Crippen LogP contribution in [0.2, 0.25) is 0 Å². The molecule has 1 aliphatic carbocycles. The van der Waals surface area contributed by atoms with Crippen molar-refractivity contribution in [2.24, 2.45) is 0 Å². The topological polar surface area (TPSA) is 66.4 Å². The lowest BCUT2D eigenvalue weighted by Gasteiger charge is -2.34. The molecule has 2 unspecified atom stereocenters. The zero-order chi connectivity index (χ0) is 17.2. The van der Waals surface area contributed by atoms with Crippen molar-refractivity contribution in [3.63, 3.8) is 0 Å². The largest absolute Gasteiger partial charge is 0.383 e. The number of hydrogen-bond acceptors (Lipinski definition) is 3. The fraction of sp³-hybridized carbons (Fsp3) is 0.316. The summed E-state index contributed by atoms with van der Waals surface area (Å²) in [6.07, 6.45) is 4.10. The molecule has 4 nitrogen and oxygen atoms in total. The molecule has 2 N–H and O–H groups in total. The van der Waals surface area contributed by atoms with Crippen molar-refractivity contribution in [3.05, 3.63) is 65.2 Å². The number of nitrogens with one attached hydrogen (secondary N) is 1. The van der Waals surface area contributed by atoms with E-state index in [9.17, 15) is 14.1 Å². The van der Waals surface area contributed by atoms with Crippen LogP contribution < -0.4 is 5.32 Å². The van der Waals surface area contributed by atoms with Crippen LogP contribution in [0.15, 0.2) is 53.4 Å². The third-order valence-electron chi connectivity index (χ3n) is 4.55. The van der Waals surface area contributed by atoms with Crippen molar-refractivity contribution < 1.29 is 14.1 Å². The molecule has 0 saturated carbocycles. The van der Waals surface area contributed by atoms with Crippen LogP contribution in [0.25, 0.3) is 0 Å². The van der Waals surface area contributed by atoms with Crippen molar-refractivity contribution in [3.8, 4) is 0 Å². The van der Waals surface area contributed by atoms with E-state index in [0.717, 1.165) is 24.0 Å². The summed E-state index contributed by atoms with van der Waals surface area (Å²) in [6.45, 7) is 0.185. The Hall–Kier alpha value is -1.98. The first kappa shape index (κ1) is 16.9. The molecule has 0 saturated heterocycles. The second kappa shape index (κ2) is 6.87. The Morgan fingerprint density at radius 3 is 2.62 bits per heavy atom. The van der Waals surface area contributed by atoms with E-state index in [2.05, 4.69) is 5.32 Å². The summed E-state index contributed by atoms with van der Waals surface area (Å²) >= 11 is 0. The summed E-state index contributed by atoms with van der Waals surface area (Å²) in [5, 5.41) is 13.8. The molecular weight excluding hydrogens is 322 g/mol. The minimum absolute atomic E-state index is 0.185. The normalized spacial score (nSPS) is 20.9. The van der Waals surface area contributed by atoms with E-state index in [1.165, 1.54) is 0 Å². The first-order valence-electron chi connectivity index (χ1n) is 8.02. The first-order chi connectivity index (χ1) is 11.5. The highest BCUT2D eigenvalue weighted by Gasteiger charge is 2.34. The summed E-state index contributed by atoms with van der Waals surface area (Å²) in [5.41, 5.74) is 1.54. The van der Waals surface area contributed by atoms with Crippen LogP contribution in [0.5, 0.6) is 0 Å². The van der Waals surface area contributed by atoms with Gasteiger partial charge >= 0.3 is 0 Å².